The van der Waals surface area contributed by atoms with Gasteiger partial charge in [-0.3, -0.25) is 0 Å². The predicted molar refractivity (Wildman–Crippen MR) is 176 cm³/mol. The van der Waals surface area contributed by atoms with E-state index in [2.05, 4.69) is 71.1 Å². The van der Waals surface area contributed by atoms with Crippen molar-refractivity contribution in [1.82, 2.24) is 19.8 Å². The van der Waals surface area contributed by atoms with Gasteiger partial charge in [-0.1, -0.05) is 30.3 Å². The number of anilines is 2. The van der Waals surface area contributed by atoms with Crippen LogP contribution in [0.4, 0.5) is 16.3 Å². The molecule has 238 valence electrons. The topological polar surface area (TPSA) is 98.1 Å². The van der Waals surface area contributed by atoms with Crippen LogP contribution in [0.2, 0.25) is 0 Å². The minimum atomic E-state index is -0.606. The number of hydrogen-bond acceptors (Lipinski definition) is 9. The fraction of sp³-hybridized carbons (Fsp3) is 0.543. The van der Waals surface area contributed by atoms with E-state index in [-0.39, 0.29) is 18.6 Å². The first-order valence-corrected chi connectivity index (χ1v) is 16.2. The van der Waals surface area contributed by atoms with E-state index in [1.807, 2.05) is 20.8 Å². The molecule has 0 spiro atoms. The summed E-state index contributed by atoms with van der Waals surface area (Å²) in [6.07, 6.45) is 2.90. The van der Waals surface area contributed by atoms with E-state index in [9.17, 15) is 10.1 Å². The van der Waals surface area contributed by atoms with Crippen LogP contribution in [0.1, 0.15) is 56.9 Å². The lowest BCUT2D eigenvalue weighted by Crippen LogP contribution is -2.56. The van der Waals surface area contributed by atoms with E-state index in [0.29, 0.717) is 44.8 Å². The van der Waals surface area contributed by atoms with Gasteiger partial charge in [0, 0.05) is 48.9 Å². The van der Waals surface area contributed by atoms with Crippen LogP contribution in [0.15, 0.2) is 36.4 Å². The number of nitriles is 1. The monoisotopic (exact) mass is 611 g/mol. The number of aromatic nitrogens is 2. The highest BCUT2D eigenvalue weighted by Crippen LogP contribution is 2.36. The molecule has 0 radical (unpaired) electrons. The number of hydrogen-bond donors (Lipinski definition) is 0. The summed E-state index contributed by atoms with van der Waals surface area (Å²) in [5, 5.41) is 12.2. The first kappa shape index (κ1) is 30.9. The molecule has 4 heterocycles. The smallest absolute Gasteiger partial charge is 0.410 e. The third-order valence-electron chi connectivity index (χ3n) is 9.27. The van der Waals surface area contributed by atoms with Crippen molar-refractivity contribution in [3.8, 4) is 12.1 Å². The molecule has 0 aliphatic carbocycles. The Kier molecular flexibility index (Phi) is 8.74. The van der Waals surface area contributed by atoms with Crippen LogP contribution >= 0.6 is 0 Å². The van der Waals surface area contributed by atoms with Crippen LogP contribution < -0.4 is 14.5 Å². The Balaban J connectivity index is 1.32. The summed E-state index contributed by atoms with van der Waals surface area (Å²) < 4.78 is 12.0. The lowest BCUT2D eigenvalue weighted by atomic mass is 9.99. The standard InChI is InChI=1S/C35H45N7O3/c1-24-9-6-10-25-11-7-13-30(31(24)25)40-18-15-28-29(22-40)37-33(44-23-27-12-8-17-39(27)5)38-32(28)41-19-20-42(26(21-41)14-16-36)34(43)45-35(2,3)4/h6-7,9-11,13,26-27H,8,12,14-15,17-23H2,1-5H3. The molecule has 10 nitrogen and oxygen atoms in total. The van der Waals surface area contributed by atoms with E-state index in [1.165, 1.54) is 28.4 Å². The van der Waals surface area contributed by atoms with Gasteiger partial charge in [0.1, 0.15) is 18.0 Å². The van der Waals surface area contributed by atoms with Gasteiger partial charge < -0.3 is 29.1 Å². The van der Waals surface area contributed by atoms with Crippen LogP contribution in [0.5, 0.6) is 6.01 Å². The van der Waals surface area contributed by atoms with Crippen molar-refractivity contribution in [2.45, 2.75) is 77.6 Å². The summed E-state index contributed by atoms with van der Waals surface area (Å²) in [4.78, 5) is 31.8. The predicted octanol–water partition coefficient (Wildman–Crippen LogP) is 5.31. The third-order valence-corrected chi connectivity index (χ3v) is 9.27. The van der Waals surface area contributed by atoms with Crippen LogP contribution in [0, 0.1) is 18.3 Å². The molecule has 1 aromatic heterocycles. The van der Waals surface area contributed by atoms with Gasteiger partial charge in [-0.25, -0.2) is 4.79 Å². The number of likely N-dealkylation sites (N-methyl/N-ethyl adjacent to an activating group) is 1. The summed E-state index contributed by atoms with van der Waals surface area (Å²) in [5.74, 6) is 0.857. The average molecular weight is 612 g/mol. The average Bonchev–Trinajstić information content (AvgIpc) is 3.42. The number of piperazine rings is 1. The zero-order valence-corrected chi connectivity index (χ0v) is 27.3. The fourth-order valence-electron chi connectivity index (χ4n) is 6.94. The quantitative estimate of drug-likeness (QED) is 0.367. The van der Waals surface area contributed by atoms with E-state index in [1.54, 1.807) is 4.90 Å². The molecule has 2 unspecified atom stereocenters. The van der Waals surface area contributed by atoms with Crippen molar-refractivity contribution in [3.63, 3.8) is 0 Å². The Morgan fingerprint density at radius 1 is 1.04 bits per heavy atom. The minimum absolute atomic E-state index is 0.217. The first-order chi connectivity index (χ1) is 21.6. The molecular weight excluding hydrogens is 566 g/mol. The van der Waals surface area contributed by atoms with Gasteiger partial charge in [0.2, 0.25) is 0 Å². The molecule has 3 aromatic rings. The molecule has 2 atom stereocenters. The SMILES string of the molecule is Cc1cccc2cccc(N3CCc4c(nc(OCC5CCCN5C)nc4N4CCN(C(=O)OC(C)(C)C)C(CC#N)C4)C3)c12. The molecule has 0 saturated carbocycles. The molecule has 2 fully saturated rings. The molecule has 0 bridgehead atoms. The van der Waals surface area contributed by atoms with E-state index in [0.717, 1.165) is 43.0 Å². The molecule has 2 saturated heterocycles. The van der Waals surface area contributed by atoms with Crippen molar-refractivity contribution >= 4 is 28.4 Å². The molecule has 1 amide bonds. The summed E-state index contributed by atoms with van der Waals surface area (Å²) in [6, 6.07) is 15.7. The number of benzene rings is 2. The van der Waals surface area contributed by atoms with Crippen molar-refractivity contribution in [3.05, 3.63) is 53.2 Å². The minimum Gasteiger partial charge on any atom is -0.462 e. The maximum absolute atomic E-state index is 13.1. The lowest BCUT2D eigenvalue weighted by Gasteiger charge is -2.42. The Labute approximate surface area is 266 Å². The van der Waals surface area contributed by atoms with Crippen molar-refractivity contribution in [1.29, 1.82) is 5.26 Å². The number of carbonyl (C=O) groups is 1. The summed E-state index contributed by atoms with van der Waals surface area (Å²) in [7, 11) is 2.14. The third kappa shape index (κ3) is 6.64. The number of fused-ring (bicyclic) bond motifs is 2. The number of carbonyl (C=O) groups excluding carboxylic acids is 1. The van der Waals surface area contributed by atoms with Crippen LogP contribution in [0.25, 0.3) is 10.8 Å². The Hall–Kier alpha value is -4.10. The maximum atomic E-state index is 13.1. The van der Waals surface area contributed by atoms with Gasteiger partial charge in [-0.2, -0.15) is 15.2 Å². The number of likely N-dealkylation sites (tertiary alicyclic amines) is 1. The Morgan fingerprint density at radius 3 is 2.58 bits per heavy atom. The molecule has 6 rings (SSSR count). The van der Waals surface area contributed by atoms with Gasteiger partial charge in [0.15, 0.2) is 0 Å². The number of rotatable bonds is 6. The van der Waals surface area contributed by atoms with E-state index >= 15 is 0 Å². The zero-order chi connectivity index (χ0) is 31.7. The highest BCUT2D eigenvalue weighted by Gasteiger charge is 2.36. The molecule has 0 N–H and O–H groups in total. The van der Waals surface area contributed by atoms with Gasteiger partial charge in [-0.05, 0) is 77.6 Å². The lowest BCUT2D eigenvalue weighted by molar-refractivity contribution is 0.0144. The summed E-state index contributed by atoms with van der Waals surface area (Å²) >= 11 is 0. The number of amides is 1. The molecular formula is C35H45N7O3. The number of ether oxygens (including phenoxy) is 2. The number of aryl methyl sites for hydroxylation is 1. The first-order valence-electron chi connectivity index (χ1n) is 16.2. The zero-order valence-electron chi connectivity index (χ0n) is 27.3. The molecule has 45 heavy (non-hydrogen) atoms. The second-order valence-electron chi connectivity index (χ2n) is 13.6. The summed E-state index contributed by atoms with van der Waals surface area (Å²) in [5.41, 5.74) is 3.96. The van der Waals surface area contributed by atoms with Crippen LogP contribution in [-0.2, 0) is 17.7 Å². The molecule has 3 aliphatic heterocycles. The second kappa shape index (κ2) is 12.7. The van der Waals surface area contributed by atoms with Gasteiger partial charge in [0.05, 0.1) is 30.8 Å². The molecule has 2 aromatic carbocycles. The van der Waals surface area contributed by atoms with Crippen LogP contribution in [0.3, 0.4) is 0 Å². The molecule has 10 heteroatoms. The van der Waals surface area contributed by atoms with Crippen molar-refractivity contribution in [2.24, 2.45) is 0 Å². The number of nitrogens with zero attached hydrogens (tertiary/aromatic N) is 7. The van der Waals surface area contributed by atoms with Gasteiger partial charge in [-0.15, -0.1) is 0 Å². The Bertz CT molecular complexity index is 1590. The summed E-state index contributed by atoms with van der Waals surface area (Å²) in [6.45, 7) is 12.4. The molecule has 3 aliphatic rings. The fourth-order valence-corrected chi connectivity index (χ4v) is 6.94. The van der Waals surface area contributed by atoms with Gasteiger partial charge >= 0.3 is 12.1 Å². The van der Waals surface area contributed by atoms with Crippen molar-refractivity contribution < 1.29 is 14.3 Å². The van der Waals surface area contributed by atoms with Crippen LogP contribution in [-0.4, -0.2) is 89.9 Å². The highest BCUT2D eigenvalue weighted by atomic mass is 16.6. The van der Waals surface area contributed by atoms with E-state index < -0.39 is 5.60 Å². The maximum Gasteiger partial charge on any atom is 0.410 e. The second-order valence-corrected chi connectivity index (χ2v) is 13.6. The normalized spacial score (nSPS) is 20.7. The highest BCUT2D eigenvalue weighted by molar-refractivity contribution is 5.97. The Morgan fingerprint density at radius 2 is 1.84 bits per heavy atom. The van der Waals surface area contributed by atoms with Crippen molar-refractivity contribution in [2.75, 3.05) is 56.2 Å². The van der Waals surface area contributed by atoms with E-state index in [4.69, 9.17) is 19.4 Å². The van der Waals surface area contributed by atoms with Gasteiger partial charge in [0.25, 0.3) is 0 Å². The largest absolute Gasteiger partial charge is 0.462 e.